The standard InChI is InChI=1S/C12H14ClNO6S/c1-7(11(15)16)14(2)21(18,19)10-6-8(12(17)20-3)4-5-9(10)13/h4-7H,1-3H3,(H,15,16). The first-order valence-corrected chi connectivity index (χ1v) is 7.53. The van der Waals surface area contributed by atoms with E-state index < -0.39 is 28.0 Å². The molecule has 0 bridgehead atoms. The molecule has 0 aliphatic heterocycles. The fraction of sp³-hybridized carbons (Fsp3) is 0.333. The van der Waals surface area contributed by atoms with Crippen molar-refractivity contribution >= 4 is 33.6 Å². The van der Waals surface area contributed by atoms with Gasteiger partial charge in [0.1, 0.15) is 10.9 Å². The number of methoxy groups -OCH3 is 1. The van der Waals surface area contributed by atoms with Crippen molar-refractivity contribution in [2.45, 2.75) is 17.9 Å². The third-order valence-electron chi connectivity index (χ3n) is 2.91. The first-order valence-electron chi connectivity index (χ1n) is 5.71. The van der Waals surface area contributed by atoms with Crippen molar-refractivity contribution in [3.05, 3.63) is 28.8 Å². The largest absolute Gasteiger partial charge is 0.480 e. The lowest BCUT2D eigenvalue weighted by atomic mass is 10.2. The molecule has 0 aliphatic rings. The molecule has 1 N–H and O–H groups in total. The number of hydrogen-bond acceptors (Lipinski definition) is 5. The lowest BCUT2D eigenvalue weighted by molar-refractivity contribution is -0.140. The summed E-state index contributed by atoms with van der Waals surface area (Å²) in [6.07, 6.45) is 0. The number of nitrogens with zero attached hydrogens (tertiary/aromatic N) is 1. The second-order valence-electron chi connectivity index (χ2n) is 4.17. The predicted octanol–water partition coefficient (Wildman–Crippen LogP) is 1.22. The molecule has 0 aromatic heterocycles. The van der Waals surface area contributed by atoms with Crippen LogP contribution in [-0.4, -0.2) is 50.0 Å². The van der Waals surface area contributed by atoms with Gasteiger partial charge in [-0.15, -0.1) is 0 Å². The average Bonchev–Trinajstić information content (AvgIpc) is 2.44. The minimum absolute atomic E-state index is 0.00291. The molecule has 1 rings (SSSR count). The molecule has 0 heterocycles. The summed E-state index contributed by atoms with van der Waals surface area (Å²) in [5.41, 5.74) is -0.00291. The lowest BCUT2D eigenvalue weighted by Gasteiger charge is -2.21. The number of rotatable bonds is 5. The van der Waals surface area contributed by atoms with Crippen LogP contribution in [-0.2, 0) is 19.6 Å². The number of esters is 1. The van der Waals surface area contributed by atoms with Crippen LogP contribution >= 0.6 is 11.6 Å². The summed E-state index contributed by atoms with van der Waals surface area (Å²) < 4.78 is 29.9. The molecule has 116 valence electrons. The van der Waals surface area contributed by atoms with Gasteiger partial charge in [-0.05, 0) is 25.1 Å². The number of sulfonamides is 1. The Kier molecular flexibility index (Phi) is 5.32. The molecule has 0 radical (unpaired) electrons. The maximum absolute atomic E-state index is 12.4. The number of benzene rings is 1. The summed E-state index contributed by atoms with van der Waals surface area (Å²) in [5, 5.41) is 8.78. The monoisotopic (exact) mass is 335 g/mol. The molecule has 0 saturated carbocycles. The minimum atomic E-state index is -4.17. The van der Waals surface area contributed by atoms with Gasteiger partial charge >= 0.3 is 11.9 Å². The zero-order valence-electron chi connectivity index (χ0n) is 11.5. The molecule has 0 aliphatic carbocycles. The SMILES string of the molecule is COC(=O)c1ccc(Cl)c(S(=O)(=O)N(C)C(C)C(=O)O)c1. The zero-order valence-corrected chi connectivity index (χ0v) is 13.1. The van der Waals surface area contributed by atoms with E-state index in [-0.39, 0.29) is 15.5 Å². The molecule has 1 unspecified atom stereocenters. The molecule has 1 atom stereocenters. The Morgan fingerprint density at radius 3 is 2.43 bits per heavy atom. The Labute approximate surface area is 127 Å². The van der Waals surface area contributed by atoms with Crippen molar-refractivity contribution in [3.63, 3.8) is 0 Å². The Balaban J connectivity index is 3.37. The van der Waals surface area contributed by atoms with E-state index in [1.807, 2.05) is 0 Å². The van der Waals surface area contributed by atoms with Gasteiger partial charge in [0.25, 0.3) is 0 Å². The molecule has 0 spiro atoms. The quantitative estimate of drug-likeness (QED) is 0.812. The van der Waals surface area contributed by atoms with Crippen LogP contribution in [0.2, 0.25) is 5.02 Å². The highest BCUT2D eigenvalue weighted by Crippen LogP contribution is 2.26. The molecule has 0 fully saturated rings. The van der Waals surface area contributed by atoms with Crippen molar-refractivity contribution in [2.24, 2.45) is 0 Å². The van der Waals surface area contributed by atoms with Gasteiger partial charge in [0.15, 0.2) is 0 Å². The van der Waals surface area contributed by atoms with Crippen LogP contribution in [0.3, 0.4) is 0 Å². The Bertz CT molecular complexity index is 672. The van der Waals surface area contributed by atoms with Crippen molar-refractivity contribution in [1.29, 1.82) is 0 Å². The smallest absolute Gasteiger partial charge is 0.337 e. The topological polar surface area (TPSA) is 101 Å². The summed E-state index contributed by atoms with van der Waals surface area (Å²) in [6.45, 7) is 1.22. The van der Waals surface area contributed by atoms with Crippen LogP contribution in [0.5, 0.6) is 0 Å². The summed E-state index contributed by atoms with van der Waals surface area (Å²) in [6, 6.07) is 2.32. The van der Waals surface area contributed by atoms with Gasteiger partial charge in [0.05, 0.1) is 17.7 Å². The van der Waals surface area contributed by atoms with Gasteiger partial charge in [0.2, 0.25) is 10.0 Å². The van der Waals surface area contributed by atoms with E-state index in [1.165, 1.54) is 19.1 Å². The fourth-order valence-electron chi connectivity index (χ4n) is 1.46. The Hall–Kier alpha value is -1.64. The van der Waals surface area contributed by atoms with Crippen LogP contribution in [0.4, 0.5) is 0 Å². The molecule has 0 saturated heterocycles. The van der Waals surface area contributed by atoms with Gasteiger partial charge < -0.3 is 9.84 Å². The Morgan fingerprint density at radius 1 is 1.38 bits per heavy atom. The van der Waals surface area contributed by atoms with Crippen molar-refractivity contribution < 1.29 is 27.9 Å². The van der Waals surface area contributed by atoms with Crippen LogP contribution in [0.1, 0.15) is 17.3 Å². The van der Waals surface area contributed by atoms with Crippen LogP contribution in [0.25, 0.3) is 0 Å². The number of aliphatic carboxylic acids is 1. The highest BCUT2D eigenvalue weighted by molar-refractivity contribution is 7.89. The van der Waals surface area contributed by atoms with Crippen LogP contribution in [0.15, 0.2) is 23.1 Å². The van der Waals surface area contributed by atoms with E-state index in [1.54, 1.807) is 0 Å². The maximum atomic E-state index is 12.4. The van der Waals surface area contributed by atoms with E-state index in [0.29, 0.717) is 4.31 Å². The number of carbonyl (C=O) groups is 2. The Morgan fingerprint density at radius 2 is 1.95 bits per heavy atom. The summed E-state index contributed by atoms with van der Waals surface area (Å²) in [5.74, 6) is -2.03. The maximum Gasteiger partial charge on any atom is 0.337 e. The van der Waals surface area contributed by atoms with Gasteiger partial charge in [-0.3, -0.25) is 4.79 Å². The highest BCUT2D eigenvalue weighted by atomic mass is 35.5. The summed E-state index contributed by atoms with van der Waals surface area (Å²) >= 11 is 5.85. The average molecular weight is 336 g/mol. The van der Waals surface area contributed by atoms with Crippen molar-refractivity contribution in [1.82, 2.24) is 4.31 Å². The molecule has 21 heavy (non-hydrogen) atoms. The molecule has 7 nitrogen and oxygen atoms in total. The first-order chi connectivity index (χ1) is 9.62. The normalized spacial score (nSPS) is 13.0. The third-order valence-corrected chi connectivity index (χ3v) is 5.32. The molecule has 1 aromatic carbocycles. The van der Waals surface area contributed by atoms with Crippen molar-refractivity contribution in [2.75, 3.05) is 14.2 Å². The molecule has 0 amide bonds. The van der Waals surface area contributed by atoms with E-state index >= 15 is 0 Å². The summed E-state index contributed by atoms with van der Waals surface area (Å²) in [4.78, 5) is 22.0. The van der Waals surface area contributed by atoms with Gasteiger partial charge in [-0.2, -0.15) is 4.31 Å². The molecular weight excluding hydrogens is 322 g/mol. The number of carbonyl (C=O) groups excluding carboxylic acids is 1. The molecular formula is C12H14ClNO6S. The molecule has 1 aromatic rings. The van der Waals surface area contributed by atoms with Gasteiger partial charge in [-0.1, -0.05) is 11.6 Å². The number of ether oxygens (including phenoxy) is 1. The lowest BCUT2D eigenvalue weighted by Crippen LogP contribution is -2.40. The fourth-order valence-corrected chi connectivity index (χ4v) is 3.28. The van der Waals surface area contributed by atoms with Crippen LogP contribution < -0.4 is 0 Å². The predicted molar refractivity (Wildman–Crippen MR) is 74.8 cm³/mol. The van der Waals surface area contributed by atoms with Crippen LogP contribution in [0, 0.1) is 0 Å². The zero-order chi connectivity index (χ0) is 16.4. The van der Waals surface area contributed by atoms with Gasteiger partial charge in [-0.25, -0.2) is 13.2 Å². The molecule has 9 heteroatoms. The third kappa shape index (κ3) is 3.52. The number of carboxylic acids is 1. The summed E-state index contributed by atoms with van der Waals surface area (Å²) in [7, 11) is -1.89. The number of hydrogen-bond donors (Lipinski definition) is 1. The number of halogens is 1. The first kappa shape index (κ1) is 17.4. The van der Waals surface area contributed by atoms with Gasteiger partial charge in [0, 0.05) is 7.05 Å². The van der Waals surface area contributed by atoms with E-state index in [9.17, 15) is 18.0 Å². The van der Waals surface area contributed by atoms with E-state index in [0.717, 1.165) is 20.2 Å². The van der Waals surface area contributed by atoms with E-state index in [2.05, 4.69) is 4.74 Å². The second-order valence-corrected chi connectivity index (χ2v) is 6.55. The highest BCUT2D eigenvalue weighted by Gasteiger charge is 2.31. The number of likely N-dealkylation sites (N-methyl/N-ethyl adjacent to an activating group) is 1. The number of carboxylic acid groups (broad SMARTS) is 1. The second kappa shape index (κ2) is 6.42. The van der Waals surface area contributed by atoms with Crippen molar-refractivity contribution in [3.8, 4) is 0 Å². The minimum Gasteiger partial charge on any atom is -0.480 e. The van der Waals surface area contributed by atoms with E-state index in [4.69, 9.17) is 16.7 Å².